The molecule has 30 heavy (non-hydrogen) atoms. The smallest absolute Gasteiger partial charge is 0.340 e. The lowest BCUT2D eigenvalue weighted by atomic mass is 10.1. The van der Waals surface area contributed by atoms with Gasteiger partial charge >= 0.3 is 5.97 Å². The van der Waals surface area contributed by atoms with E-state index in [1.54, 1.807) is 31.2 Å². The highest BCUT2D eigenvalue weighted by molar-refractivity contribution is 6.09. The molecule has 0 aliphatic carbocycles. The van der Waals surface area contributed by atoms with E-state index in [1.807, 2.05) is 36.5 Å². The Balaban J connectivity index is 1.62. The molecule has 1 aromatic heterocycles. The normalized spacial score (nSPS) is 11.0. The minimum Gasteiger partial charge on any atom is -0.462 e. The van der Waals surface area contributed by atoms with Gasteiger partial charge in [-0.25, -0.2) is 4.79 Å². The summed E-state index contributed by atoms with van der Waals surface area (Å²) >= 11 is 0. The molecule has 0 fully saturated rings. The number of hydrogen-bond donors (Lipinski definition) is 3. The summed E-state index contributed by atoms with van der Waals surface area (Å²) in [6.45, 7) is 2.49. The third kappa shape index (κ3) is 4.86. The molecule has 0 saturated heterocycles. The van der Waals surface area contributed by atoms with Crippen molar-refractivity contribution in [1.82, 2.24) is 10.3 Å². The minimum absolute atomic E-state index is 0.0902. The van der Waals surface area contributed by atoms with E-state index >= 15 is 0 Å². The Labute approximate surface area is 174 Å². The molecule has 3 rings (SSSR count). The number of nitrogens with one attached hydrogen (secondary N) is 3. The number of rotatable bonds is 8. The van der Waals surface area contributed by atoms with E-state index in [2.05, 4.69) is 15.6 Å². The Morgan fingerprint density at radius 2 is 1.93 bits per heavy atom. The van der Waals surface area contributed by atoms with Gasteiger partial charge in [-0.2, -0.15) is 5.26 Å². The lowest BCUT2D eigenvalue weighted by Crippen LogP contribution is -2.19. The fraction of sp³-hybridized carbons (Fsp3) is 0.174. The molecule has 0 saturated carbocycles. The van der Waals surface area contributed by atoms with Crippen LogP contribution in [0.15, 0.2) is 66.5 Å². The summed E-state index contributed by atoms with van der Waals surface area (Å²) in [5, 5.41) is 16.1. The van der Waals surface area contributed by atoms with Crippen molar-refractivity contribution in [3.63, 3.8) is 0 Å². The van der Waals surface area contributed by atoms with Crippen molar-refractivity contribution in [2.24, 2.45) is 0 Å². The van der Waals surface area contributed by atoms with Crippen LogP contribution in [-0.2, 0) is 16.0 Å². The topological polar surface area (TPSA) is 107 Å². The van der Waals surface area contributed by atoms with Crippen LogP contribution in [-0.4, -0.2) is 30.0 Å². The lowest BCUT2D eigenvalue weighted by molar-refractivity contribution is -0.112. The Hall–Kier alpha value is -4.05. The molecule has 1 amide bonds. The maximum absolute atomic E-state index is 12.5. The van der Waals surface area contributed by atoms with Gasteiger partial charge in [0.25, 0.3) is 5.91 Å². The fourth-order valence-corrected chi connectivity index (χ4v) is 3.04. The molecule has 152 valence electrons. The maximum Gasteiger partial charge on any atom is 0.340 e. The second-order valence-corrected chi connectivity index (χ2v) is 6.45. The van der Waals surface area contributed by atoms with E-state index in [-0.39, 0.29) is 17.7 Å². The molecule has 0 radical (unpaired) electrons. The summed E-state index contributed by atoms with van der Waals surface area (Å²) in [5.74, 6) is -1.14. The van der Waals surface area contributed by atoms with Crippen LogP contribution in [0.2, 0.25) is 0 Å². The molecular weight excluding hydrogens is 380 g/mol. The molecular formula is C23H22N4O3. The standard InChI is InChI=1S/C23H22N4O3/c1-2-30-23(29)19-8-4-6-10-21(19)27-22(28)17(13-24)14-25-12-11-16-15-26-20-9-5-3-7-18(16)20/h3-10,14-15,25-26H,2,11-12H2,1H3,(H,27,28)/b17-14-. The van der Waals surface area contributed by atoms with E-state index in [1.165, 1.54) is 6.20 Å². The first-order valence-electron chi connectivity index (χ1n) is 9.60. The number of esters is 1. The Kier molecular flexibility index (Phi) is 6.85. The number of amides is 1. The lowest BCUT2D eigenvalue weighted by Gasteiger charge is -2.10. The predicted molar refractivity (Wildman–Crippen MR) is 115 cm³/mol. The van der Waals surface area contributed by atoms with Crippen molar-refractivity contribution in [3.05, 3.63) is 77.6 Å². The van der Waals surface area contributed by atoms with Gasteiger partial charge in [0, 0.05) is 29.8 Å². The van der Waals surface area contributed by atoms with Gasteiger partial charge in [-0.05, 0) is 37.1 Å². The molecule has 0 unspecified atom stereocenters. The van der Waals surface area contributed by atoms with Gasteiger partial charge in [0.15, 0.2) is 0 Å². The van der Waals surface area contributed by atoms with Crippen LogP contribution in [0.1, 0.15) is 22.8 Å². The van der Waals surface area contributed by atoms with Crippen LogP contribution in [0.5, 0.6) is 0 Å². The number of fused-ring (bicyclic) bond motifs is 1. The number of carbonyl (C=O) groups is 2. The van der Waals surface area contributed by atoms with E-state index in [0.717, 1.165) is 22.9 Å². The average molecular weight is 402 g/mol. The first-order valence-corrected chi connectivity index (χ1v) is 9.60. The first kappa shape index (κ1) is 20.7. The second-order valence-electron chi connectivity index (χ2n) is 6.45. The van der Waals surface area contributed by atoms with Gasteiger partial charge in [0.1, 0.15) is 11.6 Å². The Bertz CT molecular complexity index is 1120. The largest absolute Gasteiger partial charge is 0.462 e. The molecule has 0 aliphatic rings. The van der Waals surface area contributed by atoms with Crippen molar-refractivity contribution in [3.8, 4) is 6.07 Å². The Morgan fingerprint density at radius 3 is 2.73 bits per heavy atom. The summed E-state index contributed by atoms with van der Waals surface area (Å²) in [6, 6.07) is 16.4. The average Bonchev–Trinajstić information content (AvgIpc) is 3.17. The molecule has 0 atom stereocenters. The quantitative estimate of drug-likeness (QED) is 0.231. The van der Waals surface area contributed by atoms with Gasteiger partial charge in [0.2, 0.25) is 0 Å². The third-order valence-corrected chi connectivity index (χ3v) is 4.50. The zero-order valence-electron chi connectivity index (χ0n) is 16.6. The number of hydrogen-bond acceptors (Lipinski definition) is 5. The number of carbonyl (C=O) groups excluding carboxylic acids is 2. The van der Waals surface area contributed by atoms with Crippen molar-refractivity contribution in [2.75, 3.05) is 18.5 Å². The number of ether oxygens (including phenoxy) is 1. The Morgan fingerprint density at radius 1 is 1.17 bits per heavy atom. The van der Waals surface area contributed by atoms with Gasteiger partial charge in [-0.1, -0.05) is 30.3 Å². The van der Waals surface area contributed by atoms with Crippen LogP contribution in [0.3, 0.4) is 0 Å². The minimum atomic E-state index is -0.603. The van der Waals surface area contributed by atoms with Crippen LogP contribution in [0, 0.1) is 11.3 Å². The number of H-pyrrole nitrogens is 1. The SMILES string of the molecule is CCOC(=O)c1ccccc1NC(=O)/C(C#N)=C\NCCc1c[nH]c2ccccc12. The number of nitrogens with zero attached hydrogens (tertiary/aromatic N) is 1. The number of aromatic amines is 1. The molecule has 0 bridgehead atoms. The molecule has 7 nitrogen and oxygen atoms in total. The number of anilines is 1. The van der Waals surface area contributed by atoms with Crippen LogP contribution in [0.25, 0.3) is 10.9 Å². The van der Waals surface area contributed by atoms with Crippen LogP contribution in [0.4, 0.5) is 5.69 Å². The third-order valence-electron chi connectivity index (χ3n) is 4.50. The fourth-order valence-electron chi connectivity index (χ4n) is 3.04. The molecule has 7 heteroatoms. The monoisotopic (exact) mass is 402 g/mol. The van der Waals surface area contributed by atoms with Crippen molar-refractivity contribution in [2.45, 2.75) is 13.3 Å². The number of benzene rings is 2. The number of aromatic nitrogens is 1. The van der Waals surface area contributed by atoms with E-state index in [4.69, 9.17) is 4.74 Å². The van der Waals surface area contributed by atoms with Gasteiger partial charge in [0.05, 0.1) is 17.9 Å². The summed E-state index contributed by atoms with van der Waals surface area (Å²) < 4.78 is 5.00. The highest BCUT2D eigenvalue weighted by Crippen LogP contribution is 2.18. The predicted octanol–water partition coefficient (Wildman–Crippen LogP) is 3.52. The van der Waals surface area contributed by atoms with E-state index in [0.29, 0.717) is 12.2 Å². The van der Waals surface area contributed by atoms with Crippen molar-refractivity contribution in [1.29, 1.82) is 5.26 Å². The molecule has 2 aromatic carbocycles. The molecule has 0 aliphatic heterocycles. The summed E-state index contributed by atoms with van der Waals surface area (Å²) in [5.41, 5.74) is 2.66. The molecule has 3 aromatic rings. The second kappa shape index (κ2) is 9.94. The molecule has 0 spiro atoms. The molecule has 1 heterocycles. The highest BCUT2D eigenvalue weighted by Gasteiger charge is 2.16. The van der Waals surface area contributed by atoms with Crippen molar-refractivity contribution >= 4 is 28.5 Å². The van der Waals surface area contributed by atoms with E-state index in [9.17, 15) is 14.9 Å². The van der Waals surface area contributed by atoms with Gasteiger partial charge < -0.3 is 20.4 Å². The summed E-state index contributed by atoms with van der Waals surface area (Å²) in [6.07, 6.45) is 4.07. The molecule has 3 N–H and O–H groups in total. The van der Waals surface area contributed by atoms with Gasteiger partial charge in [-0.3, -0.25) is 4.79 Å². The highest BCUT2D eigenvalue weighted by atomic mass is 16.5. The maximum atomic E-state index is 12.5. The summed E-state index contributed by atoms with van der Waals surface area (Å²) in [4.78, 5) is 27.7. The number of nitriles is 1. The van der Waals surface area contributed by atoms with Gasteiger partial charge in [-0.15, -0.1) is 0 Å². The zero-order valence-corrected chi connectivity index (χ0v) is 16.6. The summed E-state index contributed by atoms with van der Waals surface area (Å²) in [7, 11) is 0. The van der Waals surface area contributed by atoms with Crippen LogP contribution < -0.4 is 10.6 Å². The van der Waals surface area contributed by atoms with Crippen LogP contribution >= 0.6 is 0 Å². The number of para-hydroxylation sites is 2. The first-order chi connectivity index (χ1) is 14.6. The van der Waals surface area contributed by atoms with Crippen molar-refractivity contribution < 1.29 is 14.3 Å². The zero-order chi connectivity index (χ0) is 21.3. The van der Waals surface area contributed by atoms with E-state index < -0.39 is 11.9 Å².